The molecule has 3 aromatic rings. The van der Waals surface area contributed by atoms with Crippen molar-refractivity contribution in [1.82, 2.24) is 10.2 Å². The second-order valence-corrected chi connectivity index (χ2v) is 13.1. The number of halogens is 2. The zero-order valence-corrected chi connectivity index (χ0v) is 26.6. The first-order valence-electron chi connectivity index (χ1n) is 15.0. The number of hydrogen-bond acceptors (Lipinski definition) is 5. The molecular weight excluding hydrogens is 605 g/mol. The van der Waals surface area contributed by atoms with Crippen molar-refractivity contribution in [2.24, 2.45) is 0 Å². The lowest BCUT2D eigenvalue weighted by molar-refractivity contribution is -0.140. The van der Waals surface area contributed by atoms with Crippen LogP contribution in [-0.4, -0.2) is 50.4 Å². The average molecular weight is 644 g/mol. The topological polar surface area (TPSA) is 96.0 Å². The molecule has 1 aliphatic carbocycles. The van der Waals surface area contributed by atoms with Gasteiger partial charge in [0.25, 0.3) is 10.0 Å². The van der Waals surface area contributed by atoms with Gasteiger partial charge in [-0.3, -0.25) is 13.9 Å². The summed E-state index contributed by atoms with van der Waals surface area (Å²) in [6.45, 7) is 3.24. The number of anilines is 1. The molecule has 1 unspecified atom stereocenters. The Hall–Kier alpha value is -3.63. The number of carbonyl (C=O) groups is 2. The van der Waals surface area contributed by atoms with Gasteiger partial charge >= 0.3 is 0 Å². The van der Waals surface area contributed by atoms with E-state index in [1.165, 1.54) is 41.3 Å². The minimum Gasteiger partial charge on any atom is -0.492 e. The normalized spacial score (nSPS) is 14.5. The second kappa shape index (κ2) is 15.4. The molecule has 8 nitrogen and oxygen atoms in total. The van der Waals surface area contributed by atoms with E-state index in [-0.39, 0.29) is 41.4 Å². The highest BCUT2D eigenvalue weighted by atomic mass is 35.5. The SMILES string of the molecule is CCOc1ccccc1N(CC(=O)N(Cc1ccc(F)cc1)C(CC)C(=O)NC1CCCCC1)S(=O)(=O)c1ccc(Cl)cc1. The Morgan fingerprint density at radius 1 is 0.977 bits per heavy atom. The molecule has 44 heavy (non-hydrogen) atoms. The number of carbonyl (C=O) groups excluding carboxylic acids is 2. The first-order chi connectivity index (χ1) is 21.1. The van der Waals surface area contributed by atoms with Crippen LogP contribution in [-0.2, 0) is 26.2 Å². The van der Waals surface area contributed by atoms with Gasteiger partial charge in [0.2, 0.25) is 11.8 Å². The molecule has 0 saturated heterocycles. The third-order valence-electron chi connectivity index (χ3n) is 7.72. The van der Waals surface area contributed by atoms with Crippen molar-refractivity contribution in [2.75, 3.05) is 17.5 Å². The van der Waals surface area contributed by atoms with Crippen molar-refractivity contribution >= 4 is 39.1 Å². The highest BCUT2D eigenvalue weighted by molar-refractivity contribution is 7.92. The molecule has 1 atom stereocenters. The van der Waals surface area contributed by atoms with Gasteiger partial charge in [0.15, 0.2) is 0 Å². The Labute approximate surface area is 264 Å². The van der Waals surface area contributed by atoms with E-state index >= 15 is 0 Å². The number of rotatable bonds is 13. The van der Waals surface area contributed by atoms with Crippen LogP contribution in [0, 0.1) is 5.82 Å². The summed E-state index contributed by atoms with van der Waals surface area (Å²) in [7, 11) is -4.30. The fourth-order valence-electron chi connectivity index (χ4n) is 5.44. The first kappa shape index (κ1) is 33.3. The van der Waals surface area contributed by atoms with Gasteiger partial charge in [-0.15, -0.1) is 0 Å². The summed E-state index contributed by atoms with van der Waals surface area (Å²) in [5.41, 5.74) is 0.782. The molecule has 1 aliphatic rings. The lowest BCUT2D eigenvalue weighted by atomic mass is 9.95. The van der Waals surface area contributed by atoms with Crippen LogP contribution in [0.1, 0.15) is 57.9 Å². The molecule has 1 saturated carbocycles. The van der Waals surface area contributed by atoms with Crippen LogP contribution < -0.4 is 14.4 Å². The number of hydrogen-bond donors (Lipinski definition) is 1. The second-order valence-electron chi connectivity index (χ2n) is 10.8. The van der Waals surface area contributed by atoms with Crippen molar-refractivity contribution in [1.29, 1.82) is 0 Å². The average Bonchev–Trinajstić information content (AvgIpc) is 3.02. The van der Waals surface area contributed by atoms with Crippen molar-refractivity contribution in [3.8, 4) is 5.75 Å². The molecule has 2 amide bonds. The maximum Gasteiger partial charge on any atom is 0.264 e. The van der Waals surface area contributed by atoms with Crippen molar-refractivity contribution in [3.05, 3.63) is 89.2 Å². The van der Waals surface area contributed by atoms with Gasteiger partial charge in [-0.1, -0.05) is 62.1 Å². The number of nitrogens with zero attached hydrogens (tertiary/aromatic N) is 2. The van der Waals surface area contributed by atoms with E-state index in [9.17, 15) is 22.4 Å². The van der Waals surface area contributed by atoms with Crippen LogP contribution in [0.4, 0.5) is 10.1 Å². The van der Waals surface area contributed by atoms with E-state index in [0.29, 0.717) is 17.0 Å². The summed E-state index contributed by atoms with van der Waals surface area (Å²) in [5.74, 6) is -1.03. The highest BCUT2D eigenvalue weighted by Crippen LogP contribution is 2.33. The van der Waals surface area contributed by atoms with Crippen LogP contribution in [0.15, 0.2) is 77.7 Å². The summed E-state index contributed by atoms with van der Waals surface area (Å²) >= 11 is 6.04. The Bertz CT molecular complexity index is 1510. The van der Waals surface area contributed by atoms with Gasteiger partial charge in [-0.2, -0.15) is 0 Å². The number of benzene rings is 3. The third kappa shape index (κ3) is 8.30. The van der Waals surface area contributed by atoms with Gasteiger partial charge in [0, 0.05) is 17.6 Å². The van der Waals surface area contributed by atoms with Crippen LogP contribution in [0.2, 0.25) is 5.02 Å². The lowest BCUT2D eigenvalue weighted by Gasteiger charge is -2.34. The minimum absolute atomic E-state index is 0.0162. The molecular formula is C33H39ClFN3O5S. The van der Waals surface area contributed by atoms with Gasteiger partial charge in [0.05, 0.1) is 17.2 Å². The van der Waals surface area contributed by atoms with Crippen molar-refractivity contribution in [2.45, 2.75) is 75.9 Å². The van der Waals surface area contributed by atoms with Crippen LogP contribution in [0.25, 0.3) is 0 Å². The quantitative estimate of drug-likeness (QED) is 0.235. The molecule has 11 heteroatoms. The number of sulfonamides is 1. The number of ether oxygens (including phenoxy) is 1. The van der Waals surface area contributed by atoms with E-state index in [4.69, 9.17) is 16.3 Å². The predicted molar refractivity (Wildman–Crippen MR) is 170 cm³/mol. The van der Waals surface area contributed by atoms with E-state index in [1.54, 1.807) is 43.3 Å². The van der Waals surface area contributed by atoms with Crippen LogP contribution in [0.5, 0.6) is 5.75 Å². The van der Waals surface area contributed by atoms with Gasteiger partial charge in [-0.25, -0.2) is 12.8 Å². The van der Waals surface area contributed by atoms with Crippen LogP contribution >= 0.6 is 11.6 Å². The molecule has 236 valence electrons. The smallest absolute Gasteiger partial charge is 0.264 e. The first-order valence-corrected chi connectivity index (χ1v) is 16.8. The molecule has 4 rings (SSSR count). The molecule has 1 fully saturated rings. The molecule has 0 aromatic heterocycles. The standard InChI is InChI=1S/C33H39ClFN3O5S/c1-3-29(33(40)36-27-10-6-5-7-11-27)37(22-24-14-18-26(35)19-15-24)32(39)23-38(30-12-8-9-13-31(30)43-4-2)44(41,42)28-20-16-25(34)17-21-28/h8-9,12-21,27,29H,3-7,10-11,22-23H2,1-2H3,(H,36,40). The Morgan fingerprint density at radius 2 is 1.64 bits per heavy atom. The van der Waals surface area contributed by atoms with E-state index in [1.807, 2.05) is 6.92 Å². The molecule has 0 bridgehead atoms. The molecule has 0 spiro atoms. The molecule has 3 aromatic carbocycles. The summed E-state index contributed by atoms with van der Waals surface area (Å²) < 4.78 is 48.8. The fraction of sp³-hybridized carbons (Fsp3) is 0.394. The zero-order chi connectivity index (χ0) is 31.7. The lowest BCUT2D eigenvalue weighted by Crippen LogP contribution is -2.54. The van der Waals surface area contributed by atoms with Gasteiger partial charge < -0.3 is 15.0 Å². The van der Waals surface area contributed by atoms with E-state index < -0.39 is 34.3 Å². The number of nitrogens with one attached hydrogen (secondary N) is 1. The summed E-state index contributed by atoms with van der Waals surface area (Å²) in [6, 6.07) is 17.1. The minimum atomic E-state index is -4.30. The molecule has 0 radical (unpaired) electrons. The predicted octanol–water partition coefficient (Wildman–Crippen LogP) is 6.33. The molecule has 1 N–H and O–H groups in total. The summed E-state index contributed by atoms with van der Waals surface area (Å²) in [5, 5.41) is 3.48. The van der Waals surface area contributed by atoms with Gasteiger partial charge in [-0.05, 0) is 80.3 Å². The monoisotopic (exact) mass is 643 g/mol. The van der Waals surface area contributed by atoms with E-state index in [0.717, 1.165) is 36.4 Å². The third-order valence-corrected chi connectivity index (χ3v) is 9.74. The van der Waals surface area contributed by atoms with Crippen molar-refractivity contribution < 1.29 is 27.1 Å². The van der Waals surface area contributed by atoms with E-state index in [2.05, 4.69) is 5.32 Å². The summed E-state index contributed by atoms with van der Waals surface area (Å²) in [6.07, 6.45) is 5.21. The zero-order valence-electron chi connectivity index (χ0n) is 25.0. The maximum atomic E-state index is 14.3. The largest absolute Gasteiger partial charge is 0.492 e. The Kier molecular flexibility index (Phi) is 11.6. The van der Waals surface area contributed by atoms with Gasteiger partial charge in [0.1, 0.15) is 24.2 Å². The maximum absolute atomic E-state index is 14.3. The highest BCUT2D eigenvalue weighted by Gasteiger charge is 2.35. The summed E-state index contributed by atoms with van der Waals surface area (Å²) in [4.78, 5) is 29.3. The number of amides is 2. The number of para-hydroxylation sites is 2. The molecule has 0 aliphatic heterocycles. The Balaban J connectivity index is 1.74. The molecule has 0 heterocycles. The van der Waals surface area contributed by atoms with Crippen LogP contribution in [0.3, 0.4) is 0 Å². The fourth-order valence-corrected chi connectivity index (χ4v) is 6.99. The van der Waals surface area contributed by atoms with Crippen molar-refractivity contribution in [3.63, 3.8) is 0 Å². The Morgan fingerprint density at radius 3 is 2.27 bits per heavy atom.